The zero-order valence-electron chi connectivity index (χ0n) is 59.1. The predicted octanol–water partition coefficient (Wildman–Crippen LogP) is 6.52. The fraction of sp³-hybridized carbons (Fsp3) is 0.325. The van der Waals surface area contributed by atoms with Crippen molar-refractivity contribution in [1.82, 2.24) is 41.7 Å². The van der Waals surface area contributed by atoms with Crippen LogP contribution in [0.4, 0.5) is 11.4 Å². The average Bonchev–Trinajstić information content (AvgIpc) is 1.52. The molecule has 0 bridgehead atoms. The molecule has 4 amide bonds. The number of rotatable bonds is 26. The summed E-state index contributed by atoms with van der Waals surface area (Å²) in [5.41, 5.74) is 14.2. The number of hydrogen-bond acceptors (Lipinski definition) is 18. The molecule has 8 N–H and O–H groups in total. The molecule has 1 fully saturated rings. The zero-order valence-corrected chi connectivity index (χ0v) is 59.1. The number of aryl methyl sites for hydroxylation is 1. The summed E-state index contributed by atoms with van der Waals surface area (Å²) in [5, 5.41) is 77.7. The highest BCUT2D eigenvalue weighted by atomic mass is 16.5. The van der Waals surface area contributed by atoms with Crippen molar-refractivity contribution in [3.05, 3.63) is 204 Å². The first-order valence-corrected chi connectivity index (χ1v) is 34.2. The first-order chi connectivity index (χ1) is 49.1. The zero-order chi connectivity index (χ0) is 72.8. The van der Waals surface area contributed by atoms with E-state index in [1.54, 1.807) is 13.0 Å². The molecule has 6 aromatic carbocycles. The van der Waals surface area contributed by atoms with Crippen LogP contribution in [0.3, 0.4) is 0 Å². The molecule has 12 rings (SSSR count). The minimum atomic E-state index is -0.200. The Bertz CT molecular complexity index is 4720. The number of fused-ring (bicyclic) bond motifs is 5. The van der Waals surface area contributed by atoms with Crippen molar-refractivity contribution >= 4 is 89.0 Å². The Hall–Kier alpha value is -10.8. The van der Waals surface area contributed by atoms with Crippen molar-refractivity contribution in [3.8, 4) is 23.0 Å². The number of ether oxygens (including phenoxy) is 2. The van der Waals surface area contributed by atoms with Gasteiger partial charge in [-0.2, -0.15) is 10.2 Å². The number of hydrogen-bond donors (Lipinski definition) is 8. The van der Waals surface area contributed by atoms with E-state index in [9.17, 15) is 29.4 Å². The summed E-state index contributed by atoms with van der Waals surface area (Å²) in [6.45, 7) is 17.4. The van der Waals surface area contributed by atoms with Crippen LogP contribution in [0.5, 0.6) is 23.0 Å². The lowest BCUT2D eigenvalue weighted by Gasteiger charge is -2.24. The maximum Gasteiger partial charge on any atom is 0.220 e. The lowest BCUT2D eigenvalue weighted by Crippen LogP contribution is -2.29. The first kappa shape index (κ1) is 73.9. The fourth-order valence-electron chi connectivity index (χ4n) is 12.7. The number of carbonyl (C=O) groups is 4. The standard InChI is InChI=1S/C40H45N5O5.C28H25N5O2.C12H20N2O3/c1-24-9-14-29-34(19-24)50-35-21-28(45(4)5)13-15-30(35)38(29)31-20-26(10-12-27(31)23-47)11-16-33-39-32(40(39,3)25(2)43-44-33)22-42-37(49)8-6-7-36(48)41-17-18-46;1-17-5-10-22-25(13-17)35-26-15-21(33(3)4)9-11-23(26)28(22)24-14-19(6-8-20(24)16-34)7-12-27-31-29-18(2)30-32-27;1-9-7-10(9)8-14-12(17)4-2-3-11(16)13-5-6-15/h9-16,19-21,32,39,46-47H,1,6-8,17-18,22-23H2,2-5H3,(H,41,48)(H,42,49);5-15,34H,1,16H2,2-4H3;7,10,15H,2-6,8H2,1H3,(H,13,16)(H,14,17)/b16-11+;12-7+;. The number of aliphatic hydroxyl groups is 4. The minimum absolute atomic E-state index is 0.00643. The van der Waals surface area contributed by atoms with E-state index in [4.69, 9.17) is 19.7 Å². The number of amides is 4. The molecule has 0 saturated heterocycles. The van der Waals surface area contributed by atoms with Crippen LogP contribution in [0.15, 0.2) is 137 Å². The van der Waals surface area contributed by atoms with Crippen LogP contribution >= 0.6 is 0 Å². The van der Waals surface area contributed by atoms with Gasteiger partial charge in [0.25, 0.3) is 0 Å². The van der Waals surface area contributed by atoms with Crippen molar-refractivity contribution in [2.24, 2.45) is 33.4 Å². The number of carbonyl (C=O) groups excluding carboxylic acids is 4. The molecule has 5 aliphatic rings. The Balaban J connectivity index is 0.000000186. The molecule has 22 heteroatoms. The maximum atomic E-state index is 12.6. The van der Waals surface area contributed by atoms with Gasteiger partial charge in [0.2, 0.25) is 23.6 Å². The third kappa shape index (κ3) is 18.0. The number of aliphatic hydroxyl groups excluding tert-OH is 4. The predicted molar refractivity (Wildman–Crippen MR) is 399 cm³/mol. The highest BCUT2D eigenvalue weighted by molar-refractivity contribution is 6.11. The molecule has 7 aromatic rings. The summed E-state index contributed by atoms with van der Waals surface area (Å²) in [6, 6.07) is 36.2. The summed E-state index contributed by atoms with van der Waals surface area (Å²) in [5.74, 6) is 4.25. The molecule has 4 atom stereocenters. The van der Waals surface area contributed by atoms with Gasteiger partial charge in [-0.1, -0.05) is 92.4 Å². The number of nitrogens with zero attached hydrogens (tertiary/aromatic N) is 8. The third-order valence-electron chi connectivity index (χ3n) is 18.8. The van der Waals surface area contributed by atoms with Gasteiger partial charge in [-0.05, 0) is 144 Å². The SMILES string of the molecule is C=c1ccc2c(c1)Oc1cc(N(C)C)ccc1C=2c1cc(/C=C/C2=NN=C(C)C3(C)C(CNC(=O)CCCC(=O)NCCO)C23)ccc1CO.C=c1ccc2c(c1)Oc1cc(N(C)C)ccc1C=2c1cc(/C=C/c2nnc(C)nn2)ccc1CO.CC1=CC1CNC(=O)CCCC(=O)NCCO. The van der Waals surface area contributed by atoms with E-state index in [2.05, 4.69) is 114 Å². The van der Waals surface area contributed by atoms with Crippen LogP contribution in [0.2, 0.25) is 0 Å². The number of allylic oxidation sites excluding steroid dienone is 1. The topological polar surface area (TPSA) is 299 Å². The van der Waals surface area contributed by atoms with Crippen LogP contribution < -0.4 is 61.4 Å². The van der Waals surface area contributed by atoms with Crippen LogP contribution in [0, 0.1) is 30.1 Å². The molecule has 530 valence electrons. The Morgan fingerprint density at radius 2 is 0.990 bits per heavy atom. The van der Waals surface area contributed by atoms with Gasteiger partial charge < -0.3 is 61.0 Å². The summed E-state index contributed by atoms with van der Waals surface area (Å²) < 4.78 is 12.7. The second-order valence-corrected chi connectivity index (χ2v) is 26.4. The molecule has 2 aliphatic carbocycles. The van der Waals surface area contributed by atoms with Crippen LogP contribution in [-0.2, 0) is 32.4 Å². The Labute approximate surface area is 594 Å². The van der Waals surface area contributed by atoms with Crippen molar-refractivity contribution in [2.45, 2.75) is 79.4 Å². The number of nitrogens with one attached hydrogen (secondary N) is 4. The van der Waals surface area contributed by atoms with Gasteiger partial charge in [-0.25, -0.2) is 0 Å². The summed E-state index contributed by atoms with van der Waals surface area (Å²) >= 11 is 0. The van der Waals surface area contributed by atoms with E-state index in [0.29, 0.717) is 56.3 Å². The van der Waals surface area contributed by atoms with Crippen molar-refractivity contribution in [3.63, 3.8) is 0 Å². The number of benzene rings is 6. The van der Waals surface area contributed by atoms with E-state index in [1.165, 1.54) is 5.57 Å². The summed E-state index contributed by atoms with van der Waals surface area (Å²) in [7, 11) is 7.99. The first-order valence-electron chi connectivity index (χ1n) is 34.2. The summed E-state index contributed by atoms with van der Waals surface area (Å²) in [4.78, 5) is 51.0. The van der Waals surface area contributed by atoms with Gasteiger partial charge >= 0.3 is 0 Å². The maximum absolute atomic E-state index is 12.6. The van der Waals surface area contributed by atoms with E-state index in [-0.39, 0.29) is 93.2 Å². The molecule has 0 radical (unpaired) electrons. The average molecular weight is 1380 g/mol. The molecule has 4 heterocycles. The molecule has 22 nitrogen and oxygen atoms in total. The number of aromatic nitrogens is 4. The molecule has 102 heavy (non-hydrogen) atoms. The second-order valence-electron chi connectivity index (χ2n) is 26.4. The Morgan fingerprint density at radius 3 is 1.44 bits per heavy atom. The van der Waals surface area contributed by atoms with Gasteiger partial charge in [-0.15, -0.1) is 20.4 Å². The molecular formula is C80H90N12O10. The van der Waals surface area contributed by atoms with Gasteiger partial charge in [0, 0.05) is 159 Å². The van der Waals surface area contributed by atoms with Crippen LogP contribution in [0.1, 0.15) is 115 Å². The van der Waals surface area contributed by atoms with Gasteiger partial charge in [0.05, 0.1) is 32.1 Å². The van der Waals surface area contributed by atoms with E-state index >= 15 is 0 Å². The van der Waals surface area contributed by atoms with Gasteiger partial charge in [0.1, 0.15) is 23.0 Å². The van der Waals surface area contributed by atoms with Crippen molar-refractivity contribution in [2.75, 3.05) is 77.4 Å². The smallest absolute Gasteiger partial charge is 0.220 e. The molecule has 0 spiro atoms. The van der Waals surface area contributed by atoms with Crippen LogP contribution in [-0.4, -0.2) is 143 Å². The molecule has 3 aliphatic heterocycles. The molecular weight excluding hydrogens is 1290 g/mol. The van der Waals surface area contributed by atoms with E-state index < -0.39 is 0 Å². The normalized spacial score (nSPS) is 17.0. The third-order valence-corrected chi connectivity index (χ3v) is 18.8. The van der Waals surface area contributed by atoms with Crippen molar-refractivity contribution < 1.29 is 49.1 Å². The Morgan fingerprint density at radius 1 is 0.529 bits per heavy atom. The fourth-order valence-corrected chi connectivity index (χ4v) is 12.7. The van der Waals surface area contributed by atoms with Gasteiger partial charge in [-0.3, -0.25) is 19.2 Å². The minimum Gasteiger partial charge on any atom is -0.456 e. The Kier molecular flexibility index (Phi) is 24.3. The molecule has 1 aromatic heterocycles. The lowest BCUT2D eigenvalue weighted by atomic mass is 9.88. The highest BCUT2D eigenvalue weighted by Gasteiger charge is 2.65. The molecule has 1 saturated carbocycles. The lowest BCUT2D eigenvalue weighted by molar-refractivity contribution is -0.124. The quantitative estimate of drug-likeness (QED) is 0.0268. The second kappa shape index (κ2) is 33.6. The monoisotopic (exact) mass is 1380 g/mol. The number of anilines is 2. The van der Waals surface area contributed by atoms with Gasteiger partial charge in [0.15, 0.2) is 11.6 Å². The van der Waals surface area contributed by atoms with E-state index in [0.717, 1.165) is 122 Å². The van der Waals surface area contributed by atoms with Crippen LogP contribution in [0.25, 0.3) is 42.5 Å². The van der Waals surface area contributed by atoms with E-state index in [1.807, 2.05) is 143 Å². The summed E-state index contributed by atoms with van der Waals surface area (Å²) in [6.07, 6.45) is 12.0. The molecule has 4 unspecified atom stereocenters. The largest absolute Gasteiger partial charge is 0.456 e. The van der Waals surface area contributed by atoms with Crippen molar-refractivity contribution in [1.29, 1.82) is 0 Å². The highest BCUT2D eigenvalue weighted by Crippen LogP contribution is 2.61.